The van der Waals surface area contributed by atoms with Gasteiger partial charge in [0.15, 0.2) is 11.5 Å². The molecule has 0 spiro atoms. The highest BCUT2D eigenvalue weighted by Gasteiger charge is 2.12. The lowest BCUT2D eigenvalue weighted by atomic mass is 10.2. The molecule has 2 rings (SSSR count). The van der Waals surface area contributed by atoms with Gasteiger partial charge in [-0.3, -0.25) is 0 Å². The summed E-state index contributed by atoms with van der Waals surface area (Å²) >= 11 is 8.39. The molecule has 2 aromatic carbocycles. The molecule has 5 heteroatoms. The number of benzene rings is 2. The maximum Gasteiger partial charge on any atom is 0.180 e. The molecular weight excluding hydrogens is 389 g/mol. The minimum absolute atomic E-state index is 0.367. The normalized spacial score (nSPS) is 9.90. The van der Waals surface area contributed by atoms with E-state index in [9.17, 15) is 0 Å². The van der Waals surface area contributed by atoms with Crippen molar-refractivity contribution in [3.63, 3.8) is 0 Å². The number of ether oxygens (including phenoxy) is 2. The molecule has 0 saturated heterocycles. The summed E-state index contributed by atoms with van der Waals surface area (Å²) in [6.45, 7) is 0.390. The number of methoxy groups -OCH3 is 1. The number of hydrogen-bond donors (Lipinski definition) is 0. The minimum atomic E-state index is 0.367. The summed E-state index contributed by atoms with van der Waals surface area (Å²) in [6.07, 6.45) is 0. The summed E-state index contributed by atoms with van der Waals surface area (Å²) in [5.41, 5.74) is 1.50. The van der Waals surface area contributed by atoms with Gasteiger partial charge in [0.25, 0.3) is 0 Å². The van der Waals surface area contributed by atoms with E-state index in [1.54, 1.807) is 12.1 Å². The monoisotopic (exact) mass is 399 g/mol. The molecular formula is C15H11ClINO2. The Morgan fingerprint density at radius 3 is 2.70 bits per heavy atom. The van der Waals surface area contributed by atoms with Gasteiger partial charge in [0.2, 0.25) is 0 Å². The third-order valence-corrected chi connectivity index (χ3v) is 4.02. The molecule has 102 valence electrons. The standard InChI is InChI=1S/C15H11ClINO2/c1-19-14-7-10(8-18)6-12(16)15(14)20-9-11-4-2-3-5-13(11)17/h2-7H,9H2,1H3. The molecule has 20 heavy (non-hydrogen) atoms. The van der Waals surface area contributed by atoms with Crippen molar-refractivity contribution in [3.8, 4) is 17.6 Å². The Morgan fingerprint density at radius 2 is 2.05 bits per heavy atom. The molecule has 0 bridgehead atoms. The third kappa shape index (κ3) is 3.35. The van der Waals surface area contributed by atoms with Crippen LogP contribution in [0.3, 0.4) is 0 Å². The molecule has 0 N–H and O–H groups in total. The third-order valence-electron chi connectivity index (χ3n) is 2.69. The Labute approximate surface area is 136 Å². The summed E-state index contributed by atoms with van der Waals surface area (Å²) in [7, 11) is 1.52. The average Bonchev–Trinajstić information content (AvgIpc) is 2.46. The van der Waals surface area contributed by atoms with Crippen LogP contribution in [0.25, 0.3) is 0 Å². The lowest BCUT2D eigenvalue weighted by Gasteiger charge is -2.13. The van der Waals surface area contributed by atoms with E-state index in [0.29, 0.717) is 28.7 Å². The largest absolute Gasteiger partial charge is 0.493 e. The van der Waals surface area contributed by atoms with Crippen LogP contribution in [0.4, 0.5) is 0 Å². The Bertz CT molecular complexity index is 667. The van der Waals surface area contributed by atoms with Crippen LogP contribution >= 0.6 is 34.2 Å². The van der Waals surface area contributed by atoms with Gasteiger partial charge in [-0.05, 0) is 34.7 Å². The fourth-order valence-corrected chi connectivity index (χ4v) is 2.50. The van der Waals surface area contributed by atoms with Crippen LogP contribution in [-0.4, -0.2) is 7.11 Å². The highest BCUT2D eigenvalue weighted by Crippen LogP contribution is 2.36. The first-order valence-corrected chi connectivity index (χ1v) is 7.25. The van der Waals surface area contributed by atoms with Crippen molar-refractivity contribution in [2.45, 2.75) is 6.61 Å². The smallest absolute Gasteiger partial charge is 0.180 e. The van der Waals surface area contributed by atoms with Gasteiger partial charge in [0.05, 0.1) is 23.8 Å². The first kappa shape index (κ1) is 14.9. The minimum Gasteiger partial charge on any atom is -0.493 e. The van der Waals surface area contributed by atoms with Gasteiger partial charge in [0.1, 0.15) is 6.61 Å². The highest BCUT2D eigenvalue weighted by molar-refractivity contribution is 14.1. The van der Waals surface area contributed by atoms with Crippen LogP contribution in [-0.2, 0) is 6.61 Å². The van der Waals surface area contributed by atoms with Gasteiger partial charge in [-0.25, -0.2) is 0 Å². The predicted molar refractivity (Wildman–Crippen MR) is 86.2 cm³/mol. The van der Waals surface area contributed by atoms with Crippen molar-refractivity contribution in [1.82, 2.24) is 0 Å². The molecule has 3 nitrogen and oxygen atoms in total. The van der Waals surface area contributed by atoms with Crippen molar-refractivity contribution in [2.75, 3.05) is 7.11 Å². The van der Waals surface area contributed by atoms with Crippen molar-refractivity contribution >= 4 is 34.2 Å². The van der Waals surface area contributed by atoms with E-state index in [2.05, 4.69) is 22.6 Å². The lowest BCUT2D eigenvalue weighted by Crippen LogP contribution is -2.00. The zero-order chi connectivity index (χ0) is 14.5. The fraction of sp³-hybridized carbons (Fsp3) is 0.133. The Balaban J connectivity index is 2.26. The fourth-order valence-electron chi connectivity index (χ4n) is 1.69. The summed E-state index contributed by atoms with van der Waals surface area (Å²) in [6, 6.07) is 13.1. The Morgan fingerprint density at radius 1 is 1.30 bits per heavy atom. The molecule has 0 aliphatic rings. The zero-order valence-corrected chi connectivity index (χ0v) is 13.6. The second-order valence-corrected chi connectivity index (χ2v) is 5.55. The van der Waals surface area contributed by atoms with Crippen LogP contribution in [0.1, 0.15) is 11.1 Å². The van der Waals surface area contributed by atoms with E-state index in [1.165, 1.54) is 7.11 Å². The van der Waals surface area contributed by atoms with E-state index >= 15 is 0 Å². The maximum absolute atomic E-state index is 8.91. The quantitative estimate of drug-likeness (QED) is 0.716. The number of rotatable bonds is 4. The number of hydrogen-bond acceptors (Lipinski definition) is 3. The van der Waals surface area contributed by atoms with E-state index in [4.69, 9.17) is 26.3 Å². The van der Waals surface area contributed by atoms with Gasteiger partial charge in [-0.2, -0.15) is 5.26 Å². The van der Waals surface area contributed by atoms with E-state index in [0.717, 1.165) is 9.13 Å². The van der Waals surface area contributed by atoms with Crippen LogP contribution in [0.5, 0.6) is 11.5 Å². The van der Waals surface area contributed by atoms with Crippen LogP contribution in [0, 0.1) is 14.9 Å². The molecule has 0 aliphatic carbocycles. The predicted octanol–water partition coefficient (Wildman–Crippen LogP) is 4.40. The van der Waals surface area contributed by atoms with E-state index < -0.39 is 0 Å². The molecule has 0 radical (unpaired) electrons. The lowest BCUT2D eigenvalue weighted by molar-refractivity contribution is 0.284. The molecule has 0 unspecified atom stereocenters. The molecule has 0 atom stereocenters. The number of nitriles is 1. The average molecular weight is 400 g/mol. The van der Waals surface area contributed by atoms with Crippen molar-refractivity contribution in [1.29, 1.82) is 5.26 Å². The van der Waals surface area contributed by atoms with Crippen molar-refractivity contribution in [3.05, 3.63) is 56.1 Å². The Hall–Kier alpha value is -1.45. The van der Waals surface area contributed by atoms with E-state index in [-0.39, 0.29) is 0 Å². The van der Waals surface area contributed by atoms with Crippen molar-refractivity contribution < 1.29 is 9.47 Å². The number of halogens is 2. The molecule has 0 aromatic heterocycles. The van der Waals surface area contributed by atoms with Crippen LogP contribution in [0.2, 0.25) is 5.02 Å². The molecule has 2 aromatic rings. The molecule has 0 heterocycles. The van der Waals surface area contributed by atoms with Crippen LogP contribution < -0.4 is 9.47 Å². The second kappa shape index (κ2) is 6.82. The highest BCUT2D eigenvalue weighted by atomic mass is 127. The first-order valence-electron chi connectivity index (χ1n) is 5.79. The summed E-state index contributed by atoms with van der Waals surface area (Å²) in [5, 5.41) is 9.28. The van der Waals surface area contributed by atoms with Gasteiger partial charge >= 0.3 is 0 Å². The Kier molecular flexibility index (Phi) is 5.10. The van der Waals surface area contributed by atoms with Crippen molar-refractivity contribution in [2.24, 2.45) is 0 Å². The molecule has 0 amide bonds. The van der Waals surface area contributed by atoms with Gasteiger partial charge < -0.3 is 9.47 Å². The summed E-state index contributed by atoms with van der Waals surface area (Å²) in [5.74, 6) is 0.910. The van der Waals surface area contributed by atoms with E-state index in [1.807, 2.05) is 30.3 Å². The summed E-state index contributed by atoms with van der Waals surface area (Å²) < 4.78 is 12.1. The van der Waals surface area contributed by atoms with Gasteiger partial charge in [-0.1, -0.05) is 29.8 Å². The van der Waals surface area contributed by atoms with Gasteiger partial charge in [-0.15, -0.1) is 0 Å². The maximum atomic E-state index is 8.91. The first-order chi connectivity index (χ1) is 9.65. The molecule has 0 aliphatic heterocycles. The van der Waals surface area contributed by atoms with Gasteiger partial charge in [0, 0.05) is 15.2 Å². The molecule has 0 fully saturated rings. The molecule has 0 saturated carbocycles. The SMILES string of the molecule is COc1cc(C#N)cc(Cl)c1OCc1ccccc1I. The number of nitrogens with zero attached hydrogens (tertiary/aromatic N) is 1. The zero-order valence-electron chi connectivity index (χ0n) is 10.7. The topological polar surface area (TPSA) is 42.2 Å². The summed E-state index contributed by atoms with van der Waals surface area (Å²) in [4.78, 5) is 0. The van der Waals surface area contributed by atoms with Crippen LogP contribution in [0.15, 0.2) is 36.4 Å². The second-order valence-electron chi connectivity index (χ2n) is 3.98.